The van der Waals surface area contributed by atoms with Gasteiger partial charge in [-0.1, -0.05) is 287 Å². The van der Waals surface area contributed by atoms with E-state index in [0.717, 1.165) is 120 Å². The van der Waals surface area contributed by atoms with Gasteiger partial charge in [0.2, 0.25) is 0 Å². The molecule has 0 aromatic carbocycles. The molecular weight excluding hydrogens is 1160 g/mol. The number of esters is 4. The predicted octanol–water partition coefficient (Wildman–Crippen LogP) is 19.3. The minimum Gasteiger partial charge on any atom is -0.462 e. The second-order valence-electron chi connectivity index (χ2n) is 26.4. The first-order valence-electron chi connectivity index (χ1n) is 35.8. The quantitative estimate of drug-likeness (QED) is 0.0222. The summed E-state index contributed by atoms with van der Waals surface area (Å²) in [5, 5.41) is 10.6. The molecular formula is C69H134O17P2. The molecule has 0 saturated heterocycles. The summed E-state index contributed by atoms with van der Waals surface area (Å²) in [5.74, 6) is 0.878. The van der Waals surface area contributed by atoms with Crippen molar-refractivity contribution in [1.29, 1.82) is 0 Å². The molecule has 17 nitrogen and oxygen atoms in total. The Morgan fingerprint density at radius 2 is 0.545 bits per heavy atom. The van der Waals surface area contributed by atoms with Gasteiger partial charge >= 0.3 is 39.5 Å². The minimum absolute atomic E-state index is 0.104. The van der Waals surface area contributed by atoms with E-state index in [1.54, 1.807) is 0 Å². The summed E-state index contributed by atoms with van der Waals surface area (Å²) in [5.41, 5.74) is 0. The lowest BCUT2D eigenvalue weighted by Crippen LogP contribution is -2.30. The van der Waals surface area contributed by atoms with E-state index in [9.17, 15) is 43.2 Å². The summed E-state index contributed by atoms with van der Waals surface area (Å²) < 4.78 is 68.2. The Balaban J connectivity index is 5.27. The fourth-order valence-corrected chi connectivity index (χ4v) is 11.8. The second-order valence-corrected chi connectivity index (χ2v) is 29.3. The van der Waals surface area contributed by atoms with Gasteiger partial charge in [0.05, 0.1) is 26.4 Å². The fraction of sp³-hybridized carbons (Fsp3) is 0.942. The maximum atomic E-state index is 13.0. The number of phosphoric acid groups is 2. The monoisotopic (exact) mass is 1300 g/mol. The summed E-state index contributed by atoms with van der Waals surface area (Å²) in [7, 11) is -9.90. The van der Waals surface area contributed by atoms with E-state index in [-0.39, 0.29) is 25.7 Å². The SMILES string of the molecule is CCC(C)CCCCCCCCCCC(=O)OC[C@H](COP(=O)(O)OC[C@@H](O)COP(=O)(O)OC[C@@H](COC(=O)CCCCCCCCC(C)CC)OC(=O)CCCCCCCCCCCCCC(C)C)OC(=O)CCCCCCCCCCCC(C)C. The lowest BCUT2D eigenvalue weighted by Gasteiger charge is -2.21. The van der Waals surface area contributed by atoms with Crippen LogP contribution in [-0.2, 0) is 65.4 Å². The molecule has 0 amide bonds. The van der Waals surface area contributed by atoms with Crippen molar-refractivity contribution in [3.8, 4) is 0 Å². The molecule has 0 radical (unpaired) electrons. The van der Waals surface area contributed by atoms with Crippen LogP contribution in [0.1, 0.15) is 338 Å². The molecule has 7 atom stereocenters. The average molecular weight is 1300 g/mol. The molecule has 0 heterocycles. The first-order valence-corrected chi connectivity index (χ1v) is 38.8. The Morgan fingerprint density at radius 3 is 0.807 bits per heavy atom. The van der Waals surface area contributed by atoms with E-state index in [1.807, 2.05) is 0 Å². The van der Waals surface area contributed by atoms with Gasteiger partial charge in [-0.25, -0.2) is 9.13 Å². The maximum Gasteiger partial charge on any atom is 0.472 e. The van der Waals surface area contributed by atoms with Gasteiger partial charge in [-0.2, -0.15) is 0 Å². The molecule has 0 spiro atoms. The van der Waals surface area contributed by atoms with Gasteiger partial charge in [0.1, 0.15) is 19.3 Å². The number of carbonyl (C=O) groups is 4. The first-order chi connectivity index (χ1) is 42.2. The number of carbonyl (C=O) groups excluding carboxylic acids is 4. The molecule has 522 valence electrons. The van der Waals surface area contributed by atoms with Gasteiger partial charge < -0.3 is 33.8 Å². The minimum atomic E-state index is -4.95. The molecule has 0 aliphatic rings. The van der Waals surface area contributed by atoms with E-state index in [2.05, 4.69) is 55.4 Å². The van der Waals surface area contributed by atoms with Crippen LogP contribution < -0.4 is 0 Å². The van der Waals surface area contributed by atoms with Crippen LogP contribution in [0.5, 0.6) is 0 Å². The van der Waals surface area contributed by atoms with Crippen LogP contribution in [0.4, 0.5) is 0 Å². The third-order valence-electron chi connectivity index (χ3n) is 16.5. The van der Waals surface area contributed by atoms with Crippen molar-refractivity contribution in [1.82, 2.24) is 0 Å². The Hall–Kier alpha value is -1.94. The molecule has 0 fully saturated rings. The van der Waals surface area contributed by atoms with E-state index < -0.39 is 97.5 Å². The van der Waals surface area contributed by atoms with Crippen molar-refractivity contribution in [2.75, 3.05) is 39.6 Å². The Labute approximate surface area is 537 Å². The van der Waals surface area contributed by atoms with Crippen molar-refractivity contribution in [2.45, 2.75) is 356 Å². The Bertz CT molecular complexity index is 1750. The van der Waals surface area contributed by atoms with Gasteiger partial charge in [0, 0.05) is 25.7 Å². The third-order valence-corrected chi connectivity index (χ3v) is 18.4. The standard InChI is InChI=1S/C69H134O17P2/c1-9-61(7)47-39-31-23-19-20-24-33-41-49-66(71)79-55-64(85-69(74)52-44-36-26-18-14-16-22-30-38-46-60(5)6)57-83-87(75,76)81-53-63(70)54-82-88(77,78)84-58-65(56-80-67(72)50-42-34-28-27-32-40-48-62(8)10-2)86-68(73)51-43-35-25-17-13-11-12-15-21-29-37-45-59(3)4/h59-65,70H,9-58H2,1-8H3,(H,75,76)(H,77,78)/t61?,62?,63-,64-,65-/m1/s1. The number of unbranched alkanes of at least 4 members (excludes halogenated alkanes) is 30. The zero-order chi connectivity index (χ0) is 65.4. The fourth-order valence-electron chi connectivity index (χ4n) is 10.2. The Kier molecular flexibility index (Phi) is 57.6. The highest BCUT2D eigenvalue weighted by Crippen LogP contribution is 2.45. The lowest BCUT2D eigenvalue weighted by atomic mass is 9.99. The molecule has 0 rings (SSSR count). The molecule has 19 heteroatoms. The highest BCUT2D eigenvalue weighted by atomic mass is 31.2. The maximum absolute atomic E-state index is 13.0. The van der Waals surface area contributed by atoms with Gasteiger partial charge in [-0.3, -0.25) is 37.3 Å². The topological polar surface area (TPSA) is 237 Å². The predicted molar refractivity (Wildman–Crippen MR) is 354 cm³/mol. The smallest absolute Gasteiger partial charge is 0.462 e. The number of hydrogen-bond donors (Lipinski definition) is 3. The zero-order valence-corrected chi connectivity index (χ0v) is 59.1. The summed E-state index contributed by atoms with van der Waals surface area (Å²) in [4.78, 5) is 72.5. The normalized spacial score (nSPS) is 14.9. The van der Waals surface area contributed by atoms with Crippen molar-refractivity contribution >= 4 is 39.5 Å². The summed E-state index contributed by atoms with van der Waals surface area (Å²) in [6.45, 7) is 14.1. The molecule has 3 N–H and O–H groups in total. The zero-order valence-electron chi connectivity index (χ0n) is 57.3. The molecule has 0 aliphatic carbocycles. The van der Waals surface area contributed by atoms with Crippen LogP contribution in [0.3, 0.4) is 0 Å². The number of hydrogen-bond acceptors (Lipinski definition) is 15. The van der Waals surface area contributed by atoms with Crippen LogP contribution in [0, 0.1) is 23.7 Å². The van der Waals surface area contributed by atoms with Gasteiger partial charge in [-0.05, 0) is 49.4 Å². The van der Waals surface area contributed by atoms with Gasteiger partial charge in [0.25, 0.3) is 0 Å². The highest BCUT2D eigenvalue weighted by Gasteiger charge is 2.30. The Morgan fingerprint density at radius 1 is 0.318 bits per heavy atom. The molecule has 4 unspecified atom stereocenters. The largest absolute Gasteiger partial charge is 0.472 e. The number of aliphatic hydroxyl groups excluding tert-OH is 1. The summed E-state index contributed by atoms with van der Waals surface area (Å²) >= 11 is 0. The van der Waals surface area contributed by atoms with Crippen molar-refractivity contribution in [3.63, 3.8) is 0 Å². The van der Waals surface area contributed by atoms with Gasteiger partial charge in [-0.15, -0.1) is 0 Å². The van der Waals surface area contributed by atoms with Crippen molar-refractivity contribution < 1.29 is 80.2 Å². The number of aliphatic hydroxyl groups is 1. The van der Waals surface area contributed by atoms with E-state index >= 15 is 0 Å². The van der Waals surface area contributed by atoms with E-state index in [1.165, 1.54) is 135 Å². The molecule has 0 saturated carbocycles. The number of ether oxygens (including phenoxy) is 4. The summed E-state index contributed by atoms with van der Waals surface area (Å²) in [6.07, 6.45) is 40.2. The number of rotatable bonds is 66. The third kappa shape index (κ3) is 60.3. The lowest BCUT2D eigenvalue weighted by molar-refractivity contribution is -0.161. The van der Waals surface area contributed by atoms with Crippen LogP contribution in [0.2, 0.25) is 0 Å². The van der Waals surface area contributed by atoms with Crippen LogP contribution in [0.25, 0.3) is 0 Å². The molecule has 0 bridgehead atoms. The summed E-state index contributed by atoms with van der Waals surface area (Å²) in [6, 6.07) is 0. The van der Waals surface area contributed by atoms with Crippen molar-refractivity contribution in [3.05, 3.63) is 0 Å². The number of phosphoric ester groups is 2. The second kappa shape index (κ2) is 58.8. The first kappa shape index (κ1) is 86.1. The van der Waals surface area contributed by atoms with E-state index in [4.69, 9.17) is 37.0 Å². The molecule has 0 aliphatic heterocycles. The van der Waals surface area contributed by atoms with Crippen LogP contribution >= 0.6 is 15.6 Å². The van der Waals surface area contributed by atoms with Gasteiger partial charge in [0.15, 0.2) is 12.2 Å². The van der Waals surface area contributed by atoms with E-state index in [0.29, 0.717) is 25.7 Å². The molecule has 0 aromatic heterocycles. The average Bonchev–Trinajstić information content (AvgIpc) is 3.56. The highest BCUT2D eigenvalue weighted by molar-refractivity contribution is 7.47. The van der Waals surface area contributed by atoms with Crippen LogP contribution in [0.15, 0.2) is 0 Å². The molecule has 88 heavy (non-hydrogen) atoms. The van der Waals surface area contributed by atoms with Crippen LogP contribution in [-0.4, -0.2) is 96.7 Å². The van der Waals surface area contributed by atoms with Crippen molar-refractivity contribution in [2.24, 2.45) is 23.7 Å². The molecule has 0 aromatic rings.